The van der Waals surface area contributed by atoms with Crippen LogP contribution in [0.5, 0.6) is 0 Å². The van der Waals surface area contributed by atoms with Crippen molar-refractivity contribution in [2.75, 3.05) is 11.5 Å². The average molecular weight is 517 g/mol. The topological polar surface area (TPSA) is 21.3 Å². The van der Waals surface area contributed by atoms with Crippen LogP contribution in [0.25, 0.3) is 0 Å². The van der Waals surface area contributed by atoms with Crippen LogP contribution in [-0.2, 0) is 4.74 Å². The van der Waals surface area contributed by atoms with Crippen LogP contribution in [0.4, 0.5) is 0 Å². The van der Waals surface area contributed by atoms with Crippen molar-refractivity contribution in [3.8, 4) is 0 Å². The molecule has 1 aliphatic rings. The van der Waals surface area contributed by atoms with Crippen molar-refractivity contribution in [1.82, 2.24) is 3.53 Å². The SMILES string of the molecule is COC1=CC(CI)C(NI)C(I)=C1. The summed E-state index contributed by atoms with van der Waals surface area (Å²) in [5.41, 5.74) is 0. The fourth-order valence-electron chi connectivity index (χ4n) is 1.18. The maximum atomic E-state index is 5.23. The molecule has 0 saturated heterocycles. The Balaban J connectivity index is 2.84. The fourth-order valence-corrected chi connectivity index (χ4v) is 4.26. The predicted octanol–water partition coefficient (Wildman–Crippen LogP) is 3.21. The third kappa shape index (κ3) is 3.20. The summed E-state index contributed by atoms with van der Waals surface area (Å²) >= 11 is 6.98. The van der Waals surface area contributed by atoms with E-state index >= 15 is 0 Å². The van der Waals surface area contributed by atoms with E-state index in [0.717, 1.165) is 10.2 Å². The van der Waals surface area contributed by atoms with Crippen molar-refractivity contribution in [2.45, 2.75) is 6.04 Å². The lowest BCUT2D eigenvalue weighted by molar-refractivity contribution is 0.298. The molecule has 13 heavy (non-hydrogen) atoms. The Morgan fingerprint density at radius 3 is 2.77 bits per heavy atom. The quantitative estimate of drug-likeness (QED) is 0.353. The number of allylic oxidation sites excluding steroid dienone is 1. The van der Waals surface area contributed by atoms with E-state index in [-0.39, 0.29) is 0 Å². The highest BCUT2D eigenvalue weighted by Gasteiger charge is 2.24. The van der Waals surface area contributed by atoms with Gasteiger partial charge in [-0.25, -0.2) is 0 Å². The Kier molecular flexibility index (Phi) is 5.87. The molecule has 0 radical (unpaired) electrons. The highest BCUT2D eigenvalue weighted by atomic mass is 127. The van der Waals surface area contributed by atoms with Crippen LogP contribution in [-0.4, -0.2) is 17.6 Å². The molecule has 0 amide bonds. The van der Waals surface area contributed by atoms with Gasteiger partial charge in [-0.3, -0.25) is 3.53 Å². The molecule has 0 aromatic carbocycles. The molecular weight excluding hydrogens is 507 g/mol. The number of methoxy groups -OCH3 is 1. The molecule has 1 aliphatic carbocycles. The molecule has 0 aromatic heterocycles. The Hall–Kier alpha value is 1.43. The predicted molar refractivity (Wildman–Crippen MR) is 80.5 cm³/mol. The highest BCUT2D eigenvalue weighted by Crippen LogP contribution is 2.29. The Bertz CT molecular complexity index is 240. The first-order valence-electron chi connectivity index (χ1n) is 3.78. The minimum atomic E-state index is 0.442. The van der Waals surface area contributed by atoms with Gasteiger partial charge in [0.05, 0.1) is 13.2 Å². The first-order chi connectivity index (χ1) is 6.22. The summed E-state index contributed by atoms with van der Waals surface area (Å²) in [4.78, 5) is 0. The van der Waals surface area contributed by atoms with Crippen LogP contribution >= 0.6 is 68.0 Å². The maximum Gasteiger partial charge on any atom is 0.116 e. The van der Waals surface area contributed by atoms with E-state index < -0.39 is 0 Å². The molecule has 1 N–H and O–H groups in total. The van der Waals surface area contributed by atoms with Gasteiger partial charge >= 0.3 is 0 Å². The Morgan fingerprint density at radius 2 is 2.31 bits per heavy atom. The number of rotatable bonds is 3. The number of hydrogen-bond donors (Lipinski definition) is 1. The van der Waals surface area contributed by atoms with Crippen molar-refractivity contribution in [3.63, 3.8) is 0 Å². The van der Waals surface area contributed by atoms with Gasteiger partial charge in [0.2, 0.25) is 0 Å². The van der Waals surface area contributed by atoms with Crippen LogP contribution in [0.2, 0.25) is 0 Å². The number of nitrogens with one attached hydrogen (secondary N) is 1. The summed E-state index contributed by atoms with van der Waals surface area (Å²) in [7, 11) is 1.72. The second-order valence-corrected chi connectivity index (χ2v) is 5.46. The van der Waals surface area contributed by atoms with Crippen molar-refractivity contribution >= 4 is 68.0 Å². The van der Waals surface area contributed by atoms with Crippen molar-refractivity contribution in [2.24, 2.45) is 5.92 Å². The van der Waals surface area contributed by atoms with E-state index in [1.165, 1.54) is 3.58 Å². The van der Waals surface area contributed by atoms with E-state index in [0.29, 0.717) is 12.0 Å². The molecule has 2 nitrogen and oxygen atoms in total. The number of hydrogen-bond acceptors (Lipinski definition) is 2. The van der Waals surface area contributed by atoms with Gasteiger partial charge in [-0.05, 0) is 34.7 Å². The van der Waals surface area contributed by atoms with Crippen LogP contribution in [0.1, 0.15) is 0 Å². The highest BCUT2D eigenvalue weighted by molar-refractivity contribution is 14.1. The van der Waals surface area contributed by atoms with Crippen molar-refractivity contribution < 1.29 is 4.74 Å². The minimum absolute atomic E-state index is 0.442. The molecule has 0 bridgehead atoms. The zero-order chi connectivity index (χ0) is 9.84. The lowest BCUT2D eigenvalue weighted by atomic mass is 9.97. The number of alkyl halides is 1. The molecule has 0 spiro atoms. The van der Waals surface area contributed by atoms with E-state index in [4.69, 9.17) is 4.74 Å². The molecular formula is C8H10I3NO. The maximum absolute atomic E-state index is 5.23. The molecule has 0 aliphatic heterocycles. The number of ether oxygens (including phenoxy) is 1. The molecule has 2 unspecified atom stereocenters. The van der Waals surface area contributed by atoms with Gasteiger partial charge in [-0.2, -0.15) is 0 Å². The molecule has 0 fully saturated rings. The molecule has 1 rings (SSSR count). The van der Waals surface area contributed by atoms with Crippen molar-refractivity contribution in [1.29, 1.82) is 0 Å². The van der Waals surface area contributed by atoms with E-state index in [2.05, 4.69) is 83.7 Å². The van der Waals surface area contributed by atoms with Gasteiger partial charge in [-0.1, -0.05) is 22.6 Å². The zero-order valence-electron chi connectivity index (χ0n) is 7.06. The summed E-state index contributed by atoms with van der Waals surface area (Å²) in [5, 5.41) is 0. The summed E-state index contributed by atoms with van der Waals surface area (Å²) in [6, 6.07) is 0.442. The Labute approximate surface area is 120 Å². The lowest BCUT2D eigenvalue weighted by Crippen LogP contribution is -2.32. The number of halogens is 3. The third-order valence-electron chi connectivity index (χ3n) is 1.92. The van der Waals surface area contributed by atoms with Gasteiger partial charge in [0, 0.05) is 36.8 Å². The molecule has 0 saturated carbocycles. The first kappa shape index (κ1) is 12.5. The summed E-state index contributed by atoms with van der Waals surface area (Å²) in [5.74, 6) is 1.51. The van der Waals surface area contributed by atoms with Gasteiger partial charge in [0.25, 0.3) is 0 Å². The largest absolute Gasteiger partial charge is 0.497 e. The molecule has 5 heteroatoms. The third-order valence-corrected chi connectivity index (χ3v) is 4.59. The fraction of sp³-hybridized carbons (Fsp3) is 0.500. The standard InChI is InChI=1S/C8H10I3NO/c1-13-6-2-5(4-9)8(12-11)7(10)3-6/h2-3,5,8,12H,4H2,1H3. The smallest absolute Gasteiger partial charge is 0.116 e. The van der Waals surface area contributed by atoms with Gasteiger partial charge in [0.15, 0.2) is 0 Å². The average Bonchev–Trinajstić information content (AvgIpc) is 2.16. The van der Waals surface area contributed by atoms with Gasteiger partial charge in [-0.15, -0.1) is 0 Å². The summed E-state index contributed by atoms with van der Waals surface area (Å²) in [6.07, 6.45) is 4.27. The molecule has 74 valence electrons. The Morgan fingerprint density at radius 1 is 1.62 bits per heavy atom. The molecule has 0 aromatic rings. The van der Waals surface area contributed by atoms with Gasteiger partial charge in [0.1, 0.15) is 5.76 Å². The van der Waals surface area contributed by atoms with Crippen LogP contribution < -0.4 is 3.53 Å². The lowest BCUT2D eigenvalue weighted by Gasteiger charge is -2.25. The van der Waals surface area contributed by atoms with Gasteiger partial charge < -0.3 is 4.74 Å². The normalized spacial score (nSPS) is 28.0. The van der Waals surface area contributed by atoms with Crippen LogP contribution in [0, 0.1) is 5.92 Å². The van der Waals surface area contributed by atoms with E-state index in [1.54, 1.807) is 7.11 Å². The van der Waals surface area contributed by atoms with E-state index in [1.807, 2.05) is 0 Å². The minimum Gasteiger partial charge on any atom is -0.497 e. The monoisotopic (exact) mass is 517 g/mol. The first-order valence-corrected chi connectivity index (χ1v) is 7.46. The molecule has 2 atom stereocenters. The van der Waals surface area contributed by atoms with E-state index in [9.17, 15) is 0 Å². The van der Waals surface area contributed by atoms with Crippen LogP contribution in [0.15, 0.2) is 21.5 Å². The second-order valence-electron chi connectivity index (χ2n) is 2.71. The molecule has 0 heterocycles. The second kappa shape index (κ2) is 6.11. The summed E-state index contributed by atoms with van der Waals surface area (Å²) in [6.45, 7) is 0. The zero-order valence-corrected chi connectivity index (χ0v) is 13.5. The summed E-state index contributed by atoms with van der Waals surface area (Å²) < 4.78 is 10.9. The van der Waals surface area contributed by atoms with Crippen LogP contribution in [0.3, 0.4) is 0 Å². The van der Waals surface area contributed by atoms with Crippen molar-refractivity contribution in [3.05, 3.63) is 21.5 Å².